The van der Waals surface area contributed by atoms with Gasteiger partial charge in [0.25, 0.3) is 0 Å². The Balaban J connectivity index is 2.67. The van der Waals surface area contributed by atoms with Crippen molar-refractivity contribution in [2.45, 2.75) is 65.5 Å². The number of carboxylic acids is 1. The maximum atomic E-state index is 12.4. The lowest BCUT2D eigenvalue weighted by Gasteiger charge is -2.34. The van der Waals surface area contributed by atoms with Crippen LogP contribution in [-0.4, -0.2) is 52.7 Å². The molecule has 1 fully saturated rings. The van der Waals surface area contributed by atoms with Crippen LogP contribution in [0, 0.1) is 11.8 Å². The van der Waals surface area contributed by atoms with Gasteiger partial charge < -0.3 is 20.1 Å². The van der Waals surface area contributed by atoms with Crippen molar-refractivity contribution in [2.24, 2.45) is 11.8 Å². The number of hydrogen-bond acceptors (Lipinski definition) is 4. The van der Waals surface area contributed by atoms with Crippen molar-refractivity contribution in [3.05, 3.63) is 0 Å². The van der Waals surface area contributed by atoms with Crippen LogP contribution < -0.4 is 5.32 Å². The van der Waals surface area contributed by atoms with Crippen LogP contribution in [0.3, 0.4) is 0 Å². The minimum atomic E-state index is -1.03. The van der Waals surface area contributed by atoms with E-state index < -0.39 is 29.6 Å². The average Bonchev–Trinajstić information content (AvgIpc) is 2.49. The third kappa shape index (κ3) is 6.02. The van der Waals surface area contributed by atoms with Gasteiger partial charge in [-0.3, -0.25) is 4.79 Å². The molecule has 7 nitrogen and oxygen atoms in total. The highest BCUT2D eigenvalue weighted by Crippen LogP contribution is 2.20. The fraction of sp³-hybridized carbons (Fsp3) is 0.824. The summed E-state index contributed by atoms with van der Waals surface area (Å²) < 4.78 is 5.34. The molecule has 24 heavy (non-hydrogen) atoms. The summed E-state index contributed by atoms with van der Waals surface area (Å²) in [7, 11) is 0. The first-order chi connectivity index (χ1) is 11.0. The predicted octanol–water partition coefficient (Wildman–Crippen LogP) is 2.25. The van der Waals surface area contributed by atoms with Gasteiger partial charge in [0.2, 0.25) is 5.91 Å². The highest BCUT2D eigenvalue weighted by molar-refractivity contribution is 5.85. The highest BCUT2D eigenvalue weighted by atomic mass is 16.6. The van der Waals surface area contributed by atoms with Crippen LogP contribution in [0.1, 0.15) is 53.9 Å². The molecule has 2 amide bonds. The van der Waals surface area contributed by atoms with Crippen LogP contribution in [0.25, 0.3) is 0 Å². The summed E-state index contributed by atoms with van der Waals surface area (Å²) in [6.07, 6.45) is 1.55. The van der Waals surface area contributed by atoms with Crippen molar-refractivity contribution >= 4 is 18.0 Å². The smallest absolute Gasteiger partial charge is 0.410 e. The van der Waals surface area contributed by atoms with Gasteiger partial charge in [-0.15, -0.1) is 0 Å². The first-order valence-corrected chi connectivity index (χ1v) is 8.56. The fourth-order valence-electron chi connectivity index (χ4n) is 2.64. The average molecular weight is 342 g/mol. The van der Waals surface area contributed by atoms with Gasteiger partial charge in [0.05, 0.1) is 5.92 Å². The van der Waals surface area contributed by atoms with E-state index in [-0.39, 0.29) is 18.4 Å². The number of aliphatic carboxylic acids is 1. The summed E-state index contributed by atoms with van der Waals surface area (Å²) in [6, 6.07) is -0.903. The molecule has 3 atom stereocenters. The van der Waals surface area contributed by atoms with E-state index in [1.54, 1.807) is 27.7 Å². The maximum Gasteiger partial charge on any atom is 0.410 e. The van der Waals surface area contributed by atoms with E-state index in [0.29, 0.717) is 25.8 Å². The molecule has 0 aliphatic carbocycles. The lowest BCUT2D eigenvalue weighted by Crippen LogP contribution is -2.51. The Morgan fingerprint density at radius 1 is 1.33 bits per heavy atom. The largest absolute Gasteiger partial charge is 0.480 e. The minimum Gasteiger partial charge on any atom is -0.480 e. The van der Waals surface area contributed by atoms with Crippen molar-refractivity contribution in [1.82, 2.24) is 10.2 Å². The maximum absolute atomic E-state index is 12.4. The molecule has 0 radical (unpaired) electrons. The Morgan fingerprint density at radius 2 is 1.96 bits per heavy atom. The molecular formula is C17H30N2O5. The van der Waals surface area contributed by atoms with Crippen molar-refractivity contribution < 1.29 is 24.2 Å². The highest BCUT2D eigenvalue weighted by Gasteiger charge is 2.33. The van der Waals surface area contributed by atoms with Gasteiger partial charge in [-0.2, -0.15) is 0 Å². The van der Waals surface area contributed by atoms with E-state index in [0.717, 1.165) is 0 Å². The molecule has 3 unspecified atom stereocenters. The van der Waals surface area contributed by atoms with E-state index in [1.165, 1.54) is 4.90 Å². The number of carbonyl (C=O) groups excluding carboxylic acids is 2. The fourth-order valence-corrected chi connectivity index (χ4v) is 2.64. The zero-order chi connectivity index (χ0) is 18.5. The molecule has 0 bridgehead atoms. The number of nitrogens with one attached hydrogen (secondary N) is 1. The molecular weight excluding hydrogens is 312 g/mol. The lowest BCUT2D eigenvalue weighted by molar-refractivity contribution is -0.144. The van der Waals surface area contributed by atoms with Crippen molar-refractivity contribution in [2.75, 3.05) is 13.1 Å². The topological polar surface area (TPSA) is 95.9 Å². The Bertz CT molecular complexity index is 472. The SMILES string of the molecule is CCC(C)C(NC(=O)C1CCCN(C(=O)OC(C)(C)C)C1)C(=O)O. The number of ether oxygens (including phenoxy) is 1. The third-order valence-corrected chi connectivity index (χ3v) is 4.22. The summed E-state index contributed by atoms with van der Waals surface area (Å²) in [5.74, 6) is -1.90. The molecule has 0 aromatic heterocycles. The van der Waals surface area contributed by atoms with Crippen molar-refractivity contribution in [1.29, 1.82) is 0 Å². The molecule has 2 N–H and O–H groups in total. The molecule has 138 valence electrons. The van der Waals surface area contributed by atoms with Gasteiger partial charge in [0.15, 0.2) is 0 Å². The standard InChI is InChI=1S/C17H30N2O5/c1-6-11(2)13(15(21)22)18-14(20)12-8-7-9-19(10-12)16(23)24-17(3,4)5/h11-13H,6-10H2,1-5H3,(H,18,20)(H,21,22). The van der Waals surface area contributed by atoms with Crippen LogP contribution in [0.5, 0.6) is 0 Å². The second kappa shape index (κ2) is 8.35. The van der Waals surface area contributed by atoms with E-state index in [2.05, 4.69) is 5.32 Å². The van der Waals surface area contributed by atoms with Gasteiger partial charge in [-0.05, 0) is 39.5 Å². The van der Waals surface area contributed by atoms with Crippen molar-refractivity contribution in [3.63, 3.8) is 0 Å². The molecule has 0 aromatic carbocycles. The quantitative estimate of drug-likeness (QED) is 0.799. The molecule has 1 rings (SSSR count). The number of carboxylic acid groups (broad SMARTS) is 1. The summed E-state index contributed by atoms with van der Waals surface area (Å²) in [5, 5.41) is 11.9. The lowest BCUT2D eigenvalue weighted by atomic mass is 9.94. The normalized spacial score (nSPS) is 20.9. The molecule has 0 saturated carbocycles. The van der Waals surface area contributed by atoms with Gasteiger partial charge >= 0.3 is 12.1 Å². The number of carbonyl (C=O) groups is 3. The van der Waals surface area contributed by atoms with Crippen LogP contribution in [0.4, 0.5) is 4.79 Å². The van der Waals surface area contributed by atoms with E-state index in [4.69, 9.17) is 4.74 Å². The zero-order valence-corrected chi connectivity index (χ0v) is 15.3. The number of piperidine rings is 1. The van der Waals surface area contributed by atoms with Crippen molar-refractivity contribution in [3.8, 4) is 0 Å². The second-order valence-corrected chi connectivity index (χ2v) is 7.48. The second-order valence-electron chi connectivity index (χ2n) is 7.48. The van der Waals surface area contributed by atoms with E-state index in [1.807, 2.05) is 6.92 Å². The summed E-state index contributed by atoms with van der Waals surface area (Å²) in [4.78, 5) is 37.5. The van der Waals surface area contributed by atoms with Crippen LogP contribution in [0.15, 0.2) is 0 Å². The Morgan fingerprint density at radius 3 is 2.46 bits per heavy atom. The molecule has 1 heterocycles. The number of amides is 2. The molecule has 1 saturated heterocycles. The summed E-state index contributed by atoms with van der Waals surface area (Å²) in [5.41, 5.74) is -0.586. The minimum absolute atomic E-state index is 0.156. The van der Waals surface area contributed by atoms with Gasteiger partial charge in [-0.1, -0.05) is 20.3 Å². The van der Waals surface area contributed by atoms with Gasteiger partial charge in [0, 0.05) is 13.1 Å². The molecule has 0 spiro atoms. The predicted molar refractivity (Wildman–Crippen MR) is 89.6 cm³/mol. The van der Waals surface area contributed by atoms with Crippen LogP contribution in [0.2, 0.25) is 0 Å². The zero-order valence-electron chi connectivity index (χ0n) is 15.3. The monoisotopic (exact) mass is 342 g/mol. The Kier molecular flexibility index (Phi) is 7.05. The first kappa shape index (κ1) is 20.3. The van der Waals surface area contributed by atoms with E-state index >= 15 is 0 Å². The summed E-state index contributed by atoms with van der Waals surface area (Å²) in [6.45, 7) is 9.87. The van der Waals surface area contributed by atoms with Gasteiger partial charge in [-0.25, -0.2) is 9.59 Å². The summed E-state index contributed by atoms with van der Waals surface area (Å²) >= 11 is 0. The number of nitrogens with zero attached hydrogens (tertiary/aromatic N) is 1. The Hall–Kier alpha value is -1.79. The van der Waals surface area contributed by atoms with Gasteiger partial charge in [0.1, 0.15) is 11.6 Å². The number of likely N-dealkylation sites (tertiary alicyclic amines) is 1. The number of hydrogen-bond donors (Lipinski definition) is 2. The Labute approximate surface area is 143 Å². The molecule has 1 aliphatic rings. The van der Waals surface area contributed by atoms with Crippen LogP contribution >= 0.6 is 0 Å². The third-order valence-electron chi connectivity index (χ3n) is 4.22. The first-order valence-electron chi connectivity index (χ1n) is 8.56. The molecule has 1 aliphatic heterocycles. The molecule has 0 aromatic rings. The van der Waals surface area contributed by atoms with Crippen LogP contribution in [-0.2, 0) is 14.3 Å². The molecule has 7 heteroatoms. The van der Waals surface area contributed by atoms with E-state index in [9.17, 15) is 19.5 Å². The number of rotatable bonds is 5.